The number of hydrogen-bond donors (Lipinski definition) is 1. The number of aliphatic hydroxyl groups is 1. The molecule has 2 unspecified atom stereocenters. The SMILES string of the molecule is Cc1cccc(CN(C)CC2C(O)C(C)(C)OC2(C)C)n1. The van der Waals surface area contributed by atoms with Gasteiger partial charge in [0.25, 0.3) is 0 Å². The molecule has 4 nitrogen and oxygen atoms in total. The van der Waals surface area contributed by atoms with Crippen LogP contribution in [0.2, 0.25) is 0 Å². The van der Waals surface area contributed by atoms with Crippen LogP contribution in [-0.4, -0.2) is 45.9 Å². The maximum atomic E-state index is 10.5. The fourth-order valence-electron chi connectivity index (χ4n) is 3.36. The second-order valence-electron chi connectivity index (χ2n) is 7.33. The Morgan fingerprint density at radius 1 is 1.24 bits per heavy atom. The van der Waals surface area contributed by atoms with E-state index in [9.17, 15) is 5.11 Å². The maximum Gasteiger partial charge on any atom is 0.0896 e. The van der Waals surface area contributed by atoms with Gasteiger partial charge in [0.05, 0.1) is 23.0 Å². The second-order valence-corrected chi connectivity index (χ2v) is 7.33. The Balaban J connectivity index is 2.04. The van der Waals surface area contributed by atoms with Gasteiger partial charge in [-0.15, -0.1) is 0 Å². The van der Waals surface area contributed by atoms with E-state index in [1.54, 1.807) is 0 Å². The van der Waals surface area contributed by atoms with Gasteiger partial charge >= 0.3 is 0 Å². The van der Waals surface area contributed by atoms with Crippen LogP contribution in [0.15, 0.2) is 18.2 Å². The molecule has 21 heavy (non-hydrogen) atoms. The van der Waals surface area contributed by atoms with E-state index in [2.05, 4.69) is 30.8 Å². The van der Waals surface area contributed by atoms with Gasteiger partial charge in [0.15, 0.2) is 0 Å². The van der Waals surface area contributed by atoms with Crippen LogP contribution >= 0.6 is 0 Å². The summed E-state index contributed by atoms with van der Waals surface area (Å²) in [5.41, 5.74) is 1.28. The number of aromatic nitrogens is 1. The van der Waals surface area contributed by atoms with E-state index in [-0.39, 0.29) is 11.5 Å². The summed E-state index contributed by atoms with van der Waals surface area (Å²) in [6, 6.07) is 6.08. The summed E-state index contributed by atoms with van der Waals surface area (Å²) < 4.78 is 6.04. The number of aryl methyl sites for hydroxylation is 1. The Kier molecular flexibility index (Phi) is 4.43. The van der Waals surface area contributed by atoms with Crippen molar-refractivity contribution in [3.05, 3.63) is 29.6 Å². The van der Waals surface area contributed by atoms with Gasteiger partial charge in [-0.3, -0.25) is 4.98 Å². The number of ether oxygens (including phenoxy) is 1. The van der Waals surface area contributed by atoms with Crippen LogP contribution in [0.1, 0.15) is 39.1 Å². The minimum absolute atomic E-state index is 0.0855. The van der Waals surface area contributed by atoms with Crippen molar-refractivity contribution < 1.29 is 9.84 Å². The highest BCUT2D eigenvalue weighted by molar-refractivity contribution is 5.10. The minimum Gasteiger partial charge on any atom is -0.390 e. The Bertz CT molecular complexity index is 499. The number of hydrogen-bond acceptors (Lipinski definition) is 4. The summed E-state index contributed by atoms with van der Waals surface area (Å²) in [6.45, 7) is 11.6. The standard InChI is InChI=1S/C17H28N2O2/c1-12-8-7-9-13(18-12)10-19(6)11-14-15(20)17(4,5)21-16(14,2)3/h7-9,14-15,20H,10-11H2,1-6H3. The normalized spacial score (nSPS) is 27.2. The third kappa shape index (κ3) is 3.62. The summed E-state index contributed by atoms with van der Waals surface area (Å²) in [6.07, 6.45) is -0.458. The van der Waals surface area contributed by atoms with Crippen LogP contribution in [0.25, 0.3) is 0 Å². The highest BCUT2D eigenvalue weighted by Gasteiger charge is 2.53. The molecule has 0 saturated carbocycles. The van der Waals surface area contributed by atoms with Gasteiger partial charge in [-0.05, 0) is 53.8 Å². The van der Waals surface area contributed by atoms with E-state index in [4.69, 9.17) is 4.74 Å². The molecule has 4 heteroatoms. The summed E-state index contributed by atoms with van der Waals surface area (Å²) in [4.78, 5) is 6.75. The van der Waals surface area contributed by atoms with Gasteiger partial charge in [0.2, 0.25) is 0 Å². The molecule has 1 N–H and O–H groups in total. The molecule has 1 aliphatic rings. The van der Waals surface area contributed by atoms with E-state index in [0.29, 0.717) is 0 Å². The molecule has 2 heterocycles. The first kappa shape index (κ1) is 16.4. The maximum absolute atomic E-state index is 10.5. The molecule has 2 atom stereocenters. The van der Waals surface area contributed by atoms with Crippen molar-refractivity contribution in [1.29, 1.82) is 0 Å². The van der Waals surface area contributed by atoms with Gasteiger partial charge in [0, 0.05) is 24.7 Å². The molecule has 1 aromatic rings. The van der Waals surface area contributed by atoms with Crippen LogP contribution in [0.5, 0.6) is 0 Å². The van der Waals surface area contributed by atoms with Crippen molar-refractivity contribution in [2.24, 2.45) is 5.92 Å². The van der Waals surface area contributed by atoms with Gasteiger partial charge in [0.1, 0.15) is 0 Å². The molecule has 1 saturated heterocycles. The first-order valence-corrected chi connectivity index (χ1v) is 7.61. The fraction of sp³-hybridized carbons (Fsp3) is 0.706. The molecule has 2 rings (SSSR count). The van der Waals surface area contributed by atoms with Crippen molar-refractivity contribution in [3.8, 4) is 0 Å². The molecule has 118 valence electrons. The van der Waals surface area contributed by atoms with Crippen LogP contribution < -0.4 is 0 Å². The Morgan fingerprint density at radius 3 is 2.43 bits per heavy atom. The van der Waals surface area contributed by atoms with Gasteiger partial charge in [-0.1, -0.05) is 6.07 Å². The highest BCUT2D eigenvalue weighted by Crippen LogP contribution is 2.42. The second kappa shape index (κ2) is 5.67. The van der Waals surface area contributed by atoms with Crippen molar-refractivity contribution in [3.63, 3.8) is 0 Å². The molecule has 0 amide bonds. The van der Waals surface area contributed by atoms with Gasteiger partial charge in [-0.2, -0.15) is 0 Å². The number of pyridine rings is 1. The molecule has 1 aromatic heterocycles. The summed E-state index contributed by atoms with van der Waals surface area (Å²) >= 11 is 0. The van der Waals surface area contributed by atoms with Gasteiger partial charge < -0.3 is 14.7 Å². The third-order valence-electron chi connectivity index (χ3n) is 4.40. The van der Waals surface area contributed by atoms with Crippen LogP contribution in [0.4, 0.5) is 0 Å². The van der Waals surface area contributed by atoms with Crippen LogP contribution in [0, 0.1) is 12.8 Å². The van der Waals surface area contributed by atoms with E-state index >= 15 is 0 Å². The van der Waals surface area contributed by atoms with E-state index in [0.717, 1.165) is 24.5 Å². The van der Waals surface area contributed by atoms with E-state index < -0.39 is 11.7 Å². The average molecular weight is 292 g/mol. The van der Waals surface area contributed by atoms with Crippen molar-refractivity contribution in [2.45, 2.75) is 58.5 Å². The van der Waals surface area contributed by atoms with Gasteiger partial charge in [-0.25, -0.2) is 0 Å². The Labute approximate surface area is 128 Å². The lowest BCUT2D eigenvalue weighted by atomic mass is 9.84. The van der Waals surface area contributed by atoms with Crippen molar-refractivity contribution in [1.82, 2.24) is 9.88 Å². The minimum atomic E-state index is -0.489. The first-order valence-electron chi connectivity index (χ1n) is 7.61. The molecule has 0 aromatic carbocycles. The van der Waals surface area contributed by atoms with E-state index in [1.165, 1.54) is 0 Å². The first-order chi connectivity index (χ1) is 9.62. The topological polar surface area (TPSA) is 45.6 Å². The van der Waals surface area contributed by atoms with Crippen LogP contribution in [-0.2, 0) is 11.3 Å². The monoisotopic (exact) mass is 292 g/mol. The lowest BCUT2D eigenvalue weighted by Gasteiger charge is -2.30. The molecular weight excluding hydrogens is 264 g/mol. The fourth-order valence-corrected chi connectivity index (χ4v) is 3.36. The quantitative estimate of drug-likeness (QED) is 0.925. The predicted octanol–water partition coefficient (Wildman–Crippen LogP) is 2.39. The molecule has 0 spiro atoms. The largest absolute Gasteiger partial charge is 0.390 e. The molecule has 1 fully saturated rings. The number of aliphatic hydroxyl groups excluding tert-OH is 1. The lowest BCUT2D eigenvalue weighted by Crippen LogP contribution is -2.42. The lowest BCUT2D eigenvalue weighted by molar-refractivity contribution is -0.0913. The summed E-state index contributed by atoms with van der Waals surface area (Å²) in [7, 11) is 2.07. The third-order valence-corrected chi connectivity index (χ3v) is 4.40. The van der Waals surface area contributed by atoms with E-state index in [1.807, 2.05) is 39.0 Å². The molecular formula is C17H28N2O2. The summed E-state index contributed by atoms with van der Waals surface area (Å²) in [5.74, 6) is 0.0855. The highest BCUT2D eigenvalue weighted by atomic mass is 16.5. The molecule has 0 radical (unpaired) electrons. The zero-order valence-corrected chi connectivity index (χ0v) is 14.1. The van der Waals surface area contributed by atoms with Crippen LogP contribution in [0.3, 0.4) is 0 Å². The molecule has 0 aliphatic carbocycles. The Hall–Kier alpha value is -0.970. The number of nitrogens with zero attached hydrogens (tertiary/aromatic N) is 2. The summed E-state index contributed by atoms with van der Waals surface area (Å²) in [5, 5.41) is 10.5. The van der Waals surface area contributed by atoms with Crippen molar-refractivity contribution >= 4 is 0 Å². The zero-order valence-electron chi connectivity index (χ0n) is 14.1. The zero-order chi connectivity index (χ0) is 15.8. The molecule has 0 bridgehead atoms. The predicted molar refractivity (Wildman–Crippen MR) is 84.0 cm³/mol. The van der Waals surface area contributed by atoms with Crippen molar-refractivity contribution in [2.75, 3.05) is 13.6 Å². The smallest absolute Gasteiger partial charge is 0.0896 e. The Morgan fingerprint density at radius 2 is 1.90 bits per heavy atom. The average Bonchev–Trinajstić information content (AvgIpc) is 2.47. The number of rotatable bonds is 4. The molecule has 1 aliphatic heterocycles.